The lowest BCUT2D eigenvalue weighted by Gasteiger charge is -2.24. The third-order valence-corrected chi connectivity index (χ3v) is 4.83. The topological polar surface area (TPSA) is 84.8 Å². The van der Waals surface area contributed by atoms with Gasteiger partial charge in [-0.2, -0.15) is 0 Å². The number of rotatable bonds is 10. The van der Waals surface area contributed by atoms with Crippen molar-refractivity contribution in [3.8, 4) is 34.5 Å². The van der Waals surface area contributed by atoms with E-state index in [2.05, 4.69) is 0 Å². The molecule has 0 saturated carbocycles. The van der Waals surface area contributed by atoms with Gasteiger partial charge in [0.25, 0.3) is 0 Å². The highest BCUT2D eigenvalue weighted by molar-refractivity contribution is 5.62. The summed E-state index contributed by atoms with van der Waals surface area (Å²) >= 11 is 0. The molecule has 0 amide bonds. The first-order chi connectivity index (χ1) is 15.0. The van der Waals surface area contributed by atoms with E-state index in [9.17, 15) is 5.11 Å². The van der Waals surface area contributed by atoms with Crippen molar-refractivity contribution in [1.29, 1.82) is 0 Å². The van der Waals surface area contributed by atoms with E-state index in [1.165, 1.54) is 7.11 Å². The Balaban J connectivity index is 1.86. The van der Waals surface area contributed by atoms with Crippen LogP contribution >= 0.6 is 0 Å². The summed E-state index contributed by atoms with van der Waals surface area (Å²) in [6, 6.07) is 7.07. The summed E-state index contributed by atoms with van der Waals surface area (Å²) in [7, 11) is 6.26. The fourth-order valence-electron chi connectivity index (χ4n) is 3.24. The Morgan fingerprint density at radius 2 is 1.65 bits per heavy atom. The van der Waals surface area contributed by atoms with E-state index in [1.54, 1.807) is 40.4 Å². The lowest BCUT2D eigenvalue weighted by Crippen LogP contribution is -2.22. The van der Waals surface area contributed by atoms with E-state index >= 15 is 0 Å². The van der Waals surface area contributed by atoms with Gasteiger partial charge in [0.1, 0.15) is 12.2 Å². The first kappa shape index (κ1) is 22.6. The van der Waals surface area contributed by atoms with Gasteiger partial charge in [-0.05, 0) is 42.3 Å². The number of ether oxygens (including phenoxy) is 7. The molecule has 1 heterocycles. The number of aliphatic hydroxyl groups is 1. The molecule has 31 heavy (non-hydrogen) atoms. The van der Waals surface area contributed by atoms with Gasteiger partial charge in [-0.15, -0.1) is 0 Å². The molecule has 3 rings (SSSR count). The van der Waals surface area contributed by atoms with E-state index in [-0.39, 0.29) is 6.79 Å². The number of hydrogen-bond donors (Lipinski definition) is 1. The lowest BCUT2D eigenvalue weighted by atomic mass is 10.0. The molecule has 0 fully saturated rings. The van der Waals surface area contributed by atoms with Crippen molar-refractivity contribution in [1.82, 2.24) is 0 Å². The van der Waals surface area contributed by atoms with Gasteiger partial charge < -0.3 is 38.3 Å². The van der Waals surface area contributed by atoms with Crippen molar-refractivity contribution in [2.24, 2.45) is 0 Å². The van der Waals surface area contributed by atoms with E-state index in [0.29, 0.717) is 46.7 Å². The number of benzene rings is 2. The van der Waals surface area contributed by atoms with E-state index in [0.717, 1.165) is 5.56 Å². The molecular formula is C23H28O8. The second-order valence-electron chi connectivity index (χ2n) is 6.84. The quantitative estimate of drug-likeness (QED) is 0.610. The normalized spacial score (nSPS) is 14.4. The molecule has 0 saturated heterocycles. The minimum Gasteiger partial charge on any atom is -0.493 e. The van der Waals surface area contributed by atoms with Gasteiger partial charge in [0.15, 0.2) is 23.0 Å². The number of hydrogen-bond acceptors (Lipinski definition) is 8. The van der Waals surface area contributed by atoms with Crippen LogP contribution in [0.4, 0.5) is 0 Å². The molecule has 2 aromatic carbocycles. The molecule has 8 heteroatoms. The molecule has 168 valence electrons. The van der Waals surface area contributed by atoms with Crippen LogP contribution in [0, 0.1) is 0 Å². The van der Waals surface area contributed by atoms with Gasteiger partial charge in [-0.25, -0.2) is 0 Å². The largest absolute Gasteiger partial charge is 0.493 e. The van der Waals surface area contributed by atoms with Gasteiger partial charge in [0, 0.05) is 7.11 Å². The van der Waals surface area contributed by atoms with Gasteiger partial charge in [-0.3, -0.25) is 0 Å². The molecule has 0 radical (unpaired) electrons. The molecule has 0 unspecified atom stereocenters. The molecule has 0 spiro atoms. The minimum atomic E-state index is -0.973. The van der Waals surface area contributed by atoms with Crippen LogP contribution in [0.2, 0.25) is 0 Å². The summed E-state index contributed by atoms with van der Waals surface area (Å²) in [5.74, 6) is 2.89. The fraction of sp³-hybridized carbons (Fsp3) is 0.391. The van der Waals surface area contributed by atoms with Crippen LogP contribution in [0.15, 0.2) is 30.3 Å². The highest BCUT2D eigenvalue weighted by atomic mass is 16.7. The van der Waals surface area contributed by atoms with Crippen molar-refractivity contribution < 1.29 is 38.3 Å². The van der Waals surface area contributed by atoms with Crippen molar-refractivity contribution >= 4 is 6.08 Å². The molecule has 1 N–H and O–H groups in total. The summed E-state index contributed by atoms with van der Waals surface area (Å²) in [6.45, 7) is 2.36. The molecule has 0 aliphatic carbocycles. The maximum absolute atomic E-state index is 10.9. The molecule has 0 bridgehead atoms. The van der Waals surface area contributed by atoms with Crippen LogP contribution in [0.3, 0.4) is 0 Å². The first-order valence-corrected chi connectivity index (χ1v) is 9.76. The average Bonchev–Trinajstić information content (AvgIpc) is 3.27. The monoisotopic (exact) mass is 432 g/mol. The second-order valence-corrected chi connectivity index (χ2v) is 6.84. The zero-order valence-electron chi connectivity index (χ0n) is 18.3. The number of methoxy groups -OCH3 is 4. The van der Waals surface area contributed by atoms with Gasteiger partial charge in [-0.1, -0.05) is 12.2 Å². The Hall–Kier alpha value is -3.10. The van der Waals surface area contributed by atoms with Crippen LogP contribution < -0.4 is 28.4 Å². The highest BCUT2D eigenvalue weighted by Crippen LogP contribution is 2.44. The molecule has 0 aromatic heterocycles. The van der Waals surface area contributed by atoms with Gasteiger partial charge in [0.05, 0.1) is 27.9 Å². The number of fused-ring (bicyclic) bond motifs is 1. The summed E-state index contributed by atoms with van der Waals surface area (Å²) in [5, 5.41) is 10.9. The van der Waals surface area contributed by atoms with E-state index in [4.69, 9.17) is 33.2 Å². The highest BCUT2D eigenvalue weighted by Gasteiger charge is 2.27. The van der Waals surface area contributed by atoms with E-state index < -0.39 is 12.2 Å². The molecule has 2 atom stereocenters. The van der Waals surface area contributed by atoms with Crippen molar-refractivity contribution in [3.63, 3.8) is 0 Å². The van der Waals surface area contributed by atoms with Crippen LogP contribution in [-0.4, -0.2) is 53.0 Å². The Kier molecular flexibility index (Phi) is 7.49. The zero-order valence-corrected chi connectivity index (χ0v) is 18.3. The average molecular weight is 432 g/mol. The van der Waals surface area contributed by atoms with Gasteiger partial charge >= 0.3 is 0 Å². The Morgan fingerprint density at radius 1 is 0.968 bits per heavy atom. The summed E-state index contributed by atoms with van der Waals surface area (Å²) in [5.41, 5.74) is 1.44. The van der Waals surface area contributed by atoms with Crippen LogP contribution in [0.1, 0.15) is 24.2 Å². The Morgan fingerprint density at radius 3 is 2.26 bits per heavy atom. The molecular weight excluding hydrogens is 404 g/mol. The van der Waals surface area contributed by atoms with Crippen LogP contribution in [0.5, 0.6) is 34.5 Å². The Labute approximate surface area is 181 Å². The van der Waals surface area contributed by atoms with Gasteiger partial charge in [0.2, 0.25) is 18.3 Å². The third-order valence-electron chi connectivity index (χ3n) is 4.83. The van der Waals surface area contributed by atoms with Crippen LogP contribution in [-0.2, 0) is 4.74 Å². The third kappa shape index (κ3) is 4.98. The number of aliphatic hydroxyl groups excluding tert-OH is 1. The van der Waals surface area contributed by atoms with Crippen LogP contribution in [0.25, 0.3) is 6.08 Å². The van der Waals surface area contributed by atoms with Crippen molar-refractivity contribution in [3.05, 3.63) is 41.5 Å². The maximum Gasteiger partial charge on any atom is 0.231 e. The second kappa shape index (κ2) is 10.3. The molecule has 1 aliphatic heterocycles. The molecule has 8 nitrogen and oxygen atoms in total. The molecule has 2 aromatic rings. The smallest absolute Gasteiger partial charge is 0.231 e. The van der Waals surface area contributed by atoms with Crippen molar-refractivity contribution in [2.45, 2.75) is 19.1 Å². The molecule has 1 aliphatic rings. The summed E-state index contributed by atoms with van der Waals surface area (Å²) in [4.78, 5) is 0. The summed E-state index contributed by atoms with van der Waals surface area (Å²) < 4.78 is 38.4. The van der Waals surface area contributed by atoms with E-state index in [1.807, 2.05) is 24.3 Å². The maximum atomic E-state index is 10.9. The first-order valence-electron chi connectivity index (χ1n) is 9.76. The Bertz CT molecular complexity index is 899. The SMILES string of the molecule is COC/C=C/c1cc(OC)c(O[C@@H](C)[C@@H](O)c2cc(OC)c3c(c2)OCO3)c(OC)c1. The fourth-order valence-corrected chi connectivity index (χ4v) is 3.24. The van der Waals surface area contributed by atoms with Crippen molar-refractivity contribution in [2.75, 3.05) is 41.8 Å². The lowest BCUT2D eigenvalue weighted by molar-refractivity contribution is 0.0432. The standard InChI is InChI=1S/C23H28O8/c1-14(21(24)16-11-19(28-5)22-20(12-16)29-13-30-22)31-23-17(26-3)9-15(7-6-8-25-2)10-18(23)27-4/h6-7,9-12,14,21,24H,8,13H2,1-5H3/b7-6+/t14-,21+/m0/s1. The summed E-state index contributed by atoms with van der Waals surface area (Å²) in [6.07, 6.45) is 2.17. The predicted molar refractivity (Wildman–Crippen MR) is 115 cm³/mol. The minimum absolute atomic E-state index is 0.108. The zero-order chi connectivity index (χ0) is 22.4. The predicted octanol–water partition coefficient (Wildman–Crippen LogP) is 3.60.